The lowest BCUT2D eigenvalue weighted by Crippen LogP contribution is -2.29. The largest absolute Gasteiger partial charge is 0.452 e. The fourth-order valence-corrected chi connectivity index (χ4v) is 5.13. The highest BCUT2D eigenvalue weighted by Gasteiger charge is 2.42. The van der Waals surface area contributed by atoms with Crippen LogP contribution in [0.4, 0.5) is 11.4 Å². The molecule has 0 spiro atoms. The molecule has 2 atom stereocenters. The van der Waals surface area contributed by atoms with Crippen LogP contribution in [0.25, 0.3) is 0 Å². The summed E-state index contributed by atoms with van der Waals surface area (Å²) in [5.74, 6) is 0.841. The van der Waals surface area contributed by atoms with Gasteiger partial charge in [-0.3, -0.25) is 4.98 Å². The Kier molecular flexibility index (Phi) is 6.07. The van der Waals surface area contributed by atoms with E-state index in [1.807, 2.05) is 68.8 Å². The van der Waals surface area contributed by atoms with Crippen LogP contribution in [-0.4, -0.2) is 24.2 Å². The maximum atomic E-state index is 6.37. The summed E-state index contributed by atoms with van der Waals surface area (Å²) in [7, 11) is 4.07. The van der Waals surface area contributed by atoms with Crippen molar-refractivity contribution in [3.05, 3.63) is 103 Å². The first kappa shape index (κ1) is 21.6. The van der Waals surface area contributed by atoms with E-state index >= 15 is 0 Å². The van der Waals surface area contributed by atoms with Crippen molar-refractivity contribution in [1.82, 2.24) is 10.3 Å². The molecule has 0 aliphatic carbocycles. The third-order valence-electron chi connectivity index (χ3n) is 5.60. The van der Waals surface area contributed by atoms with Gasteiger partial charge < -0.3 is 19.5 Å². The number of pyridine rings is 1. The highest BCUT2D eigenvalue weighted by Crippen LogP contribution is 2.43. The molecule has 5 rings (SSSR count). The second-order valence-corrected chi connectivity index (χ2v) is 9.44. The first-order valence-corrected chi connectivity index (χ1v) is 11.9. The summed E-state index contributed by atoms with van der Waals surface area (Å²) in [6.45, 7) is 0. The van der Waals surface area contributed by atoms with Gasteiger partial charge in [-0.15, -0.1) is 0 Å². The Hall–Kier alpha value is -3.29. The summed E-state index contributed by atoms with van der Waals surface area (Å²) < 4.78 is 6.37. The van der Waals surface area contributed by atoms with E-state index in [4.69, 9.17) is 16.6 Å². The number of furan rings is 1. The van der Waals surface area contributed by atoms with Gasteiger partial charge in [-0.2, -0.15) is 0 Å². The zero-order chi connectivity index (χ0) is 22.8. The van der Waals surface area contributed by atoms with E-state index in [1.165, 1.54) is 0 Å². The number of nitrogens with one attached hydrogen (secondary N) is 1. The molecule has 4 aromatic rings. The molecular formula is C26H24N4OS2. The summed E-state index contributed by atoms with van der Waals surface area (Å²) in [5.41, 5.74) is 3.07. The minimum absolute atomic E-state index is 0.132. The van der Waals surface area contributed by atoms with Crippen molar-refractivity contribution in [3.8, 4) is 0 Å². The Balaban J connectivity index is 1.52. The van der Waals surface area contributed by atoms with Gasteiger partial charge in [0, 0.05) is 36.6 Å². The topological polar surface area (TPSA) is 44.5 Å². The van der Waals surface area contributed by atoms with Crippen LogP contribution in [0, 0.1) is 0 Å². The zero-order valence-electron chi connectivity index (χ0n) is 18.4. The third-order valence-corrected chi connectivity index (χ3v) is 6.84. The fraction of sp³-hybridized carbons (Fsp3) is 0.154. The number of thiocarbonyl (C=S) groups is 1. The van der Waals surface area contributed by atoms with Crippen LogP contribution in [0.2, 0.25) is 0 Å². The first-order valence-electron chi connectivity index (χ1n) is 10.7. The van der Waals surface area contributed by atoms with Crippen molar-refractivity contribution in [2.75, 3.05) is 23.9 Å². The fourth-order valence-electron chi connectivity index (χ4n) is 3.99. The Morgan fingerprint density at radius 1 is 0.939 bits per heavy atom. The quantitative estimate of drug-likeness (QED) is 0.342. The highest BCUT2D eigenvalue weighted by molar-refractivity contribution is 7.99. The Morgan fingerprint density at radius 3 is 2.39 bits per heavy atom. The molecule has 1 aliphatic heterocycles. The molecule has 3 heterocycles. The van der Waals surface area contributed by atoms with Crippen LogP contribution in [0.3, 0.4) is 0 Å². The van der Waals surface area contributed by atoms with Gasteiger partial charge in [-0.25, -0.2) is 0 Å². The number of benzene rings is 2. The number of nitrogens with zero attached hydrogens (tertiary/aromatic N) is 3. The molecule has 1 N–H and O–H groups in total. The van der Waals surface area contributed by atoms with E-state index in [0.717, 1.165) is 32.8 Å². The van der Waals surface area contributed by atoms with Crippen molar-refractivity contribution in [1.29, 1.82) is 0 Å². The maximum absolute atomic E-state index is 6.37. The van der Waals surface area contributed by atoms with Gasteiger partial charge in [0.05, 0.1) is 11.7 Å². The molecule has 5 nitrogen and oxygen atoms in total. The maximum Gasteiger partial charge on any atom is 0.174 e. The zero-order valence-corrected chi connectivity index (χ0v) is 20.0. The van der Waals surface area contributed by atoms with Gasteiger partial charge in [0.2, 0.25) is 0 Å². The Labute approximate surface area is 203 Å². The van der Waals surface area contributed by atoms with Crippen molar-refractivity contribution < 1.29 is 4.42 Å². The minimum Gasteiger partial charge on any atom is -0.452 e. The first-order chi connectivity index (χ1) is 16.1. The SMILES string of the molecule is CN(C)c1ccc(N2C(=S)N[C@@H](c3ccccn3)[C@H]2c2ccc(Sc3ccccc3)o2)cc1. The summed E-state index contributed by atoms with van der Waals surface area (Å²) in [4.78, 5) is 9.95. The third kappa shape index (κ3) is 4.47. The van der Waals surface area contributed by atoms with E-state index < -0.39 is 0 Å². The van der Waals surface area contributed by atoms with Gasteiger partial charge in [-0.05, 0) is 72.9 Å². The van der Waals surface area contributed by atoms with Crippen molar-refractivity contribution in [3.63, 3.8) is 0 Å². The van der Waals surface area contributed by atoms with Crippen LogP contribution < -0.4 is 15.1 Å². The summed E-state index contributed by atoms with van der Waals surface area (Å²) in [5, 5.41) is 4.98. The number of hydrogen-bond acceptors (Lipinski definition) is 5. The van der Waals surface area contributed by atoms with E-state index in [1.54, 1.807) is 11.8 Å². The van der Waals surface area contributed by atoms with E-state index in [0.29, 0.717) is 5.11 Å². The lowest BCUT2D eigenvalue weighted by atomic mass is 10.0. The second kappa shape index (κ2) is 9.29. The van der Waals surface area contributed by atoms with Gasteiger partial charge >= 0.3 is 0 Å². The minimum atomic E-state index is -0.164. The van der Waals surface area contributed by atoms with Gasteiger partial charge in [0.1, 0.15) is 11.8 Å². The number of aromatic nitrogens is 1. The monoisotopic (exact) mass is 472 g/mol. The van der Waals surface area contributed by atoms with Gasteiger partial charge in [0.15, 0.2) is 10.2 Å². The molecule has 7 heteroatoms. The van der Waals surface area contributed by atoms with Crippen molar-refractivity contribution in [2.24, 2.45) is 0 Å². The molecule has 2 aromatic carbocycles. The molecule has 1 aliphatic rings. The molecule has 33 heavy (non-hydrogen) atoms. The molecule has 0 saturated carbocycles. The molecular weight excluding hydrogens is 448 g/mol. The standard InChI is InChI=1S/C26H24N4OS2/c1-29(2)18-11-13-19(14-12-18)30-25(24(28-26(30)32)21-10-6-7-17-27-21)22-15-16-23(31-22)33-20-8-4-3-5-9-20/h3-17,24-25H,1-2H3,(H,28,32)/t24-,25+/m0/s1. The molecule has 166 valence electrons. The average molecular weight is 473 g/mol. The highest BCUT2D eigenvalue weighted by atomic mass is 32.2. The van der Waals surface area contributed by atoms with Crippen LogP contribution in [0.15, 0.2) is 106 Å². The molecule has 1 saturated heterocycles. The van der Waals surface area contributed by atoms with Gasteiger partial charge in [-0.1, -0.05) is 36.0 Å². The smallest absolute Gasteiger partial charge is 0.174 e. The summed E-state index contributed by atoms with van der Waals surface area (Å²) in [6, 6.07) is 28.3. The Morgan fingerprint density at radius 2 is 1.70 bits per heavy atom. The van der Waals surface area contributed by atoms with Crippen LogP contribution in [0.5, 0.6) is 0 Å². The van der Waals surface area contributed by atoms with E-state index in [9.17, 15) is 0 Å². The van der Waals surface area contributed by atoms with Crippen LogP contribution >= 0.6 is 24.0 Å². The molecule has 0 radical (unpaired) electrons. The number of hydrogen-bond donors (Lipinski definition) is 1. The molecule has 0 bridgehead atoms. The van der Waals surface area contributed by atoms with Crippen LogP contribution in [0.1, 0.15) is 23.5 Å². The van der Waals surface area contributed by atoms with Gasteiger partial charge in [0.25, 0.3) is 0 Å². The normalized spacial score (nSPS) is 17.8. The Bertz CT molecular complexity index is 1230. The lowest BCUT2D eigenvalue weighted by Gasteiger charge is -2.26. The summed E-state index contributed by atoms with van der Waals surface area (Å²) >= 11 is 7.41. The summed E-state index contributed by atoms with van der Waals surface area (Å²) in [6.07, 6.45) is 1.81. The number of rotatable bonds is 6. The van der Waals surface area contributed by atoms with Crippen LogP contribution in [-0.2, 0) is 0 Å². The van der Waals surface area contributed by atoms with E-state index in [2.05, 4.69) is 56.5 Å². The molecule has 2 aromatic heterocycles. The average Bonchev–Trinajstić information content (AvgIpc) is 3.44. The predicted octanol–water partition coefficient (Wildman–Crippen LogP) is 6.07. The predicted molar refractivity (Wildman–Crippen MR) is 138 cm³/mol. The van der Waals surface area contributed by atoms with Crippen molar-refractivity contribution in [2.45, 2.75) is 22.1 Å². The molecule has 1 fully saturated rings. The molecule has 0 amide bonds. The lowest BCUT2D eigenvalue weighted by molar-refractivity contribution is 0.383. The van der Waals surface area contributed by atoms with E-state index in [-0.39, 0.29) is 12.1 Å². The number of anilines is 2. The van der Waals surface area contributed by atoms with Crippen molar-refractivity contribution >= 4 is 40.5 Å². The molecule has 0 unspecified atom stereocenters. The second-order valence-electron chi connectivity index (χ2n) is 7.98.